The van der Waals surface area contributed by atoms with Crippen molar-refractivity contribution in [1.29, 1.82) is 0 Å². The lowest BCUT2D eigenvalue weighted by molar-refractivity contribution is 0.0457. The van der Waals surface area contributed by atoms with Crippen molar-refractivity contribution in [2.75, 3.05) is 40.1 Å². The number of aliphatic hydroxyl groups is 1. The summed E-state index contributed by atoms with van der Waals surface area (Å²) < 4.78 is 15.2. The van der Waals surface area contributed by atoms with Crippen LogP contribution in [0.1, 0.15) is 46.5 Å². The van der Waals surface area contributed by atoms with Crippen LogP contribution in [0.3, 0.4) is 0 Å². The van der Waals surface area contributed by atoms with Crippen molar-refractivity contribution in [2.24, 2.45) is 0 Å². The maximum Gasteiger partial charge on any atom is 0.0745 e. The average Bonchev–Trinajstić information content (AvgIpc) is 2.33. The van der Waals surface area contributed by atoms with Crippen LogP contribution < -0.4 is 0 Å². The number of ether oxygens (including phenoxy) is 3. The van der Waals surface area contributed by atoms with Crippen LogP contribution in [0, 0.1) is 0 Å². The molecule has 0 heterocycles. The molecule has 18 heavy (non-hydrogen) atoms. The molecule has 0 bridgehead atoms. The van der Waals surface area contributed by atoms with E-state index in [4.69, 9.17) is 14.6 Å². The summed E-state index contributed by atoms with van der Waals surface area (Å²) in [6.45, 7) is 9.72. The van der Waals surface area contributed by atoms with Crippen molar-refractivity contribution >= 4 is 0 Å². The lowest BCUT2D eigenvalue weighted by atomic mass is 10.4. The summed E-state index contributed by atoms with van der Waals surface area (Å²) in [7, 11) is 1.56. The second-order valence-corrected chi connectivity index (χ2v) is 4.24. The monoisotopic (exact) mass is 264 g/mol. The predicted molar refractivity (Wildman–Crippen MR) is 75.0 cm³/mol. The third kappa shape index (κ3) is 24.9. The molecule has 0 rings (SSSR count). The summed E-state index contributed by atoms with van der Waals surface area (Å²) in [6, 6.07) is 0. The SMILES string of the molecule is CCCCOCCOCCCC.COCC(C)O. The third-order valence-electron chi connectivity index (χ3n) is 2.06. The van der Waals surface area contributed by atoms with Crippen LogP contribution in [-0.2, 0) is 14.2 Å². The minimum Gasteiger partial charge on any atom is -0.391 e. The van der Waals surface area contributed by atoms with Gasteiger partial charge in [0.15, 0.2) is 0 Å². The van der Waals surface area contributed by atoms with Gasteiger partial charge in [-0.3, -0.25) is 0 Å². The normalized spacial score (nSPS) is 11.8. The van der Waals surface area contributed by atoms with Crippen molar-refractivity contribution in [3.63, 3.8) is 0 Å². The van der Waals surface area contributed by atoms with Gasteiger partial charge in [-0.15, -0.1) is 0 Å². The number of methoxy groups -OCH3 is 1. The highest BCUT2D eigenvalue weighted by Crippen LogP contribution is 1.90. The van der Waals surface area contributed by atoms with Gasteiger partial charge in [-0.25, -0.2) is 0 Å². The Bertz CT molecular complexity index is 119. The summed E-state index contributed by atoms with van der Waals surface area (Å²) in [5, 5.41) is 8.43. The van der Waals surface area contributed by atoms with E-state index in [1.54, 1.807) is 14.0 Å². The molecule has 4 heteroatoms. The standard InChI is InChI=1S/C10H22O2.C4H10O2/c1-3-5-7-11-9-10-12-8-6-4-2;1-4(5)3-6-2/h3-10H2,1-2H3;4-5H,3H2,1-2H3. The summed E-state index contributed by atoms with van der Waals surface area (Å²) in [5.41, 5.74) is 0. The Morgan fingerprint density at radius 1 is 0.889 bits per heavy atom. The molecule has 1 unspecified atom stereocenters. The fourth-order valence-electron chi connectivity index (χ4n) is 1.06. The van der Waals surface area contributed by atoms with E-state index in [9.17, 15) is 0 Å². The van der Waals surface area contributed by atoms with Crippen molar-refractivity contribution < 1.29 is 19.3 Å². The van der Waals surface area contributed by atoms with Gasteiger partial charge in [-0.05, 0) is 19.8 Å². The quantitative estimate of drug-likeness (QED) is 0.583. The zero-order valence-electron chi connectivity index (χ0n) is 12.6. The highest BCUT2D eigenvalue weighted by atomic mass is 16.5. The molecule has 0 radical (unpaired) electrons. The van der Waals surface area contributed by atoms with Crippen molar-refractivity contribution in [3.8, 4) is 0 Å². The van der Waals surface area contributed by atoms with Gasteiger partial charge in [0.25, 0.3) is 0 Å². The largest absolute Gasteiger partial charge is 0.391 e. The van der Waals surface area contributed by atoms with E-state index in [0.717, 1.165) is 39.3 Å². The number of aliphatic hydroxyl groups excluding tert-OH is 1. The van der Waals surface area contributed by atoms with Gasteiger partial charge < -0.3 is 19.3 Å². The Kier molecular flexibility index (Phi) is 21.5. The molecule has 0 aromatic rings. The molecule has 0 fully saturated rings. The summed E-state index contributed by atoms with van der Waals surface area (Å²) in [6.07, 6.45) is 4.41. The zero-order valence-corrected chi connectivity index (χ0v) is 12.6. The fourth-order valence-corrected chi connectivity index (χ4v) is 1.06. The van der Waals surface area contributed by atoms with Crippen LogP contribution in [0.2, 0.25) is 0 Å². The fraction of sp³-hybridized carbons (Fsp3) is 1.00. The van der Waals surface area contributed by atoms with E-state index >= 15 is 0 Å². The number of unbranched alkanes of at least 4 members (excludes halogenated alkanes) is 2. The minimum atomic E-state index is -0.324. The molecule has 0 aliphatic carbocycles. The molecule has 0 aliphatic rings. The van der Waals surface area contributed by atoms with Crippen LogP contribution >= 0.6 is 0 Å². The molecule has 1 atom stereocenters. The van der Waals surface area contributed by atoms with Crippen molar-refractivity contribution in [3.05, 3.63) is 0 Å². The van der Waals surface area contributed by atoms with E-state index < -0.39 is 0 Å². The topological polar surface area (TPSA) is 47.9 Å². The summed E-state index contributed by atoms with van der Waals surface area (Å²) in [5.74, 6) is 0. The summed E-state index contributed by atoms with van der Waals surface area (Å²) in [4.78, 5) is 0. The van der Waals surface area contributed by atoms with E-state index in [0.29, 0.717) is 6.61 Å². The molecule has 0 aromatic heterocycles. The van der Waals surface area contributed by atoms with Gasteiger partial charge in [0.05, 0.1) is 25.9 Å². The Morgan fingerprint density at radius 2 is 1.33 bits per heavy atom. The van der Waals surface area contributed by atoms with Gasteiger partial charge >= 0.3 is 0 Å². The van der Waals surface area contributed by atoms with Gasteiger partial charge in [0, 0.05) is 20.3 Å². The van der Waals surface area contributed by atoms with Crippen LogP contribution in [-0.4, -0.2) is 51.4 Å². The smallest absolute Gasteiger partial charge is 0.0745 e. The Labute approximate surface area is 113 Å². The number of hydrogen-bond donors (Lipinski definition) is 1. The second kappa shape index (κ2) is 19.2. The van der Waals surface area contributed by atoms with Crippen LogP contribution in [0.5, 0.6) is 0 Å². The first kappa shape index (κ1) is 20.2. The molecule has 4 nitrogen and oxygen atoms in total. The zero-order chi connectivity index (χ0) is 14.1. The molecule has 0 aromatic carbocycles. The molecule has 0 saturated heterocycles. The summed E-state index contributed by atoms with van der Waals surface area (Å²) >= 11 is 0. The molecule has 112 valence electrons. The van der Waals surface area contributed by atoms with Crippen molar-refractivity contribution in [1.82, 2.24) is 0 Å². The molecule has 0 aliphatic heterocycles. The maximum absolute atomic E-state index is 8.43. The lowest BCUT2D eigenvalue weighted by Gasteiger charge is -2.03. The number of rotatable bonds is 11. The Balaban J connectivity index is 0. The number of hydrogen-bond acceptors (Lipinski definition) is 4. The Morgan fingerprint density at radius 3 is 1.56 bits per heavy atom. The molecular formula is C14H32O4. The second-order valence-electron chi connectivity index (χ2n) is 4.24. The average molecular weight is 264 g/mol. The molecule has 0 amide bonds. The predicted octanol–water partition coefficient (Wildman–Crippen LogP) is 2.63. The molecule has 0 spiro atoms. The maximum atomic E-state index is 8.43. The molecule has 0 saturated carbocycles. The van der Waals surface area contributed by atoms with Gasteiger partial charge in [-0.2, -0.15) is 0 Å². The first-order chi connectivity index (χ1) is 8.68. The van der Waals surface area contributed by atoms with Crippen molar-refractivity contribution in [2.45, 2.75) is 52.6 Å². The van der Waals surface area contributed by atoms with E-state index in [1.807, 2.05) is 0 Å². The molecule has 1 N–H and O–H groups in total. The van der Waals surface area contributed by atoms with E-state index in [1.165, 1.54) is 12.8 Å². The van der Waals surface area contributed by atoms with Crippen LogP contribution in [0.25, 0.3) is 0 Å². The van der Waals surface area contributed by atoms with Gasteiger partial charge in [0.1, 0.15) is 0 Å². The van der Waals surface area contributed by atoms with E-state index in [-0.39, 0.29) is 6.10 Å². The van der Waals surface area contributed by atoms with E-state index in [2.05, 4.69) is 18.6 Å². The van der Waals surface area contributed by atoms with Gasteiger partial charge in [0.2, 0.25) is 0 Å². The Hall–Kier alpha value is -0.160. The minimum absolute atomic E-state index is 0.324. The van der Waals surface area contributed by atoms with Crippen LogP contribution in [0.4, 0.5) is 0 Å². The highest BCUT2D eigenvalue weighted by Gasteiger charge is 1.89. The lowest BCUT2D eigenvalue weighted by Crippen LogP contribution is -2.07. The first-order valence-corrected chi connectivity index (χ1v) is 7.01. The van der Waals surface area contributed by atoms with Gasteiger partial charge in [-0.1, -0.05) is 26.7 Å². The third-order valence-corrected chi connectivity index (χ3v) is 2.06. The van der Waals surface area contributed by atoms with Crippen LogP contribution in [0.15, 0.2) is 0 Å². The first-order valence-electron chi connectivity index (χ1n) is 7.01. The molecular weight excluding hydrogens is 232 g/mol. The highest BCUT2D eigenvalue weighted by molar-refractivity contribution is 4.37.